The molecule has 0 unspecified atom stereocenters. The van der Waals surface area contributed by atoms with Crippen molar-refractivity contribution in [1.82, 2.24) is 0 Å². The fourth-order valence-electron chi connectivity index (χ4n) is 1.16. The number of carbonyl (C=O) groups is 2. The Kier molecular flexibility index (Phi) is 60.3. The van der Waals surface area contributed by atoms with Gasteiger partial charge in [-0.25, -0.2) is 0 Å². The zero-order chi connectivity index (χ0) is 25.3. The van der Waals surface area contributed by atoms with E-state index >= 15 is 0 Å². The van der Waals surface area contributed by atoms with E-state index in [0.29, 0.717) is 11.9 Å². The van der Waals surface area contributed by atoms with Gasteiger partial charge in [-0.05, 0) is 24.3 Å². The molecule has 0 aromatic carbocycles. The molecule has 33 heavy (non-hydrogen) atoms. The predicted octanol–water partition coefficient (Wildman–Crippen LogP) is 4.50. The molecule has 9 heteroatoms. The van der Waals surface area contributed by atoms with E-state index in [1.807, 2.05) is 0 Å². The first-order valence-corrected chi connectivity index (χ1v) is 14.4. The van der Waals surface area contributed by atoms with Crippen LogP contribution in [0.1, 0.15) is 106 Å². The molecule has 2 radical (unpaired) electrons. The van der Waals surface area contributed by atoms with Gasteiger partial charge in [0.1, 0.15) is 0 Å². The summed E-state index contributed by atoms with van der Waals surface area (Å²) in [5.74, 6) is 1.26. The van der Waals surface area contributed by atoms with Gasteiger partial charge in [0.15, 0.2) is 0 Å². The maximum absolute atomic E-state index is 9.94. The van der Waals surface area contributed by atoms with Crippen LogP contribution in [-0.2, 0) is 19.1 Å². The number of carboxylic acids is 2. The molecule has 0 spiro atoms. The Hall–Kier alpha value is 0.359. The van der Waals surface area contributed by atoms with Crippen LogP contribution in [-0.4, -0.2) is 72.4 Å². The monoisotopic (exact) mass is 618 g/mol. The van der Waals surface area contributed by atoms with E-state index in [-0.39, 0.29) is 50.0 Å². The molecule has 0 aliphatic rings. The van der Waals surface area contributed by atoms with Crippen LogP contribution in [0.15, 0.2) is 0 Å². The van der Waals surface area contributed by atoms with Crippen LogP contribution in [0.5, 0.6) is 0 Å². The Morgan fingerprint density at radius 2 is 0.909 bits per heavy atom. The molecule has 198 valence electrons. The second-order valence-electron chi connectivity index (χ2n) is 6.82. The molecule has 0 saturated carbocycles. The van der Waals surface area contributed by atoms with Gasteiger partial charge in [0.25, 0.3) is 0 Å². The molecule has 0 heterocycles. The topological polar surface area (TPSA) is 98.7 Å². The molecule has 0 aliphatic heterocycles. The van der Waals surface area contributed by atoms with Gasteiger partial charge in [-0.3, -0.25) is 0 Å². The number of unbranched alkanes of at least 4 members (excludes halogenated alkanes) is 4. The zero-order valence-electron chi connectivity index (χ0n) is 22.1. The van der Waals surface area contributed by atoms with Gasteiger partial charge in [-0.2, -0.15) is 0 Å². The molecule has 0 aromatic heterocycles. The Morgan fingerprint density at radius 1 is 0.606 bits per heavy atom. The zero-order valence-corrected chi connectivity index (χ0v) is 26.6. The van der Waals surface area contributed by atoms with E-state index in [4.69, 9.17) is 9.47 Å². The molecule has 0 rings (SSSR count). The number of hydrogen-bond donors (Lipinski definition) is 0. The maximum atomic E-state index is 9.94. The SMILES string of the molecule is CCCC.CCCC.CCCCSCOCCC(=O)[O-].CCCCSCOCCC(=O)[O-].[Sn+2]. The van der Waals surface area contributed by atoms with Crippen molar-refractivity contribution < 1.29 is 29.3 Å². The summed E-state index contributed by atoms with van der Waals surface area (Å²) in [5, 5.41) is 19.9. The van der Waals surface area contributed by atoms with Gasteiger partial charge in [-0.15, -0.1) is 23.5 Å². The summed E-state index contributed by atoms with van der Waals surface area (Å²) in [5.41, 5.74) is 0. The number of carbonyl (C=O) groups excluding carboxylic acids is 2. The van der Waals surface area contributed by atoms with Crippen LogP contribution >= 0.6 is 23.5 Å². The van der Waals surface area contributed by atoms with Crippen molar-refractivity contribution in [3.05, 3.63) is 0 Å². The molecule has 0 aromatic rings. The van der Waals surface area contributed by atoms with Gasteiger partial charge in [0, 0.05) is 24.8 Å². The second-order valence-corrected chi connectivity index (χ2v) is 8.92. The molecule has 6 nitrogen and oxygen atoms in total. The van der Waals surface area contributed by atoms with Gasteiger partial charge >= 0.3 is 23.9 Å². The molecular formula is C24H50O6S2Sn. The number of carboxylic acid groups (broad SMARTS) is 2. The molecule has 0 atom stereocenters. The smallest absolute Gasteiger partial charge is 0.550 e. The van der Waals surface area contributed by atoms with E-state index in [0.717, 1.165) is 11.5 Å². The average molecular weight is 618 g/mol. The van der Waals surface area contributed by atoms with E-state index in [1.54, 1.807) is 23.5 Å². The molecule has 0 bridgehead atoms. The molecule has 0 N–H and O–H groups in total. The Balaban J connectivity index is -0.000000117. The second kappa shape index (κ2) is 45.8. The maximum Gasteiger partial charge on any atom is 2.00 e. The summed E-state index contributed by atoms with van der Waals surface area (Å²) in [6, 6.07) is 0. The Morgan fingerprint density at radius 3 is 1.12 bits per heavy atom. The van der Waals surface area contributed by atoms with Crippen molar-refractivity contribution in [3.8, 4) is 0 Å². The summed E-state index contributed by atoms with van der Waals surface area (Å²) in [7, 11) is 0. The first-order chi connectivity index (χ1) is 15.4. The number of ether oxygens (including phenoxy) is 2. The van der Waals surface area contributed by atoms with Crippen molar-refractivity contribution >= 4 is 59.4 Å². The number of hydrogen-bond acceptors (Lipinski definition) is 8. The minimum absolute atomic E-state index is 0. The number of thioether (sulfide) groups is 2. The van der Waals surface area contributed by atoms with Crippen molar-refractivity contribution in [3.63, 3.8) is 0 Å². The first-order valence-electron chi connectivity index (χ1n) is 12.1. The van der Waals surface area contributed by atoms with Gasteiger partial charge in [0.05, 0.1) is 25.1 Å². The van der Waals surface area contributed by atoms with E-state index in [2.05, 4.69) is 41.5 Å². The Bertz CT molecular complexity index is 315. The summed E-state index contributed by atoms with van der Waals surface area (Å²) in [6.07, 6.45) is 10.0. The van der Waals surface area contributed by atoms with Crippen LogP contribution in [0.3, 0.4) is 0 Å². The molecular weight excluding hydrogens is 567 g/mol. The van der Waals surface area contributed by atoms with Crippen molar-refractivity contribution in [2.75, 3.05) is 36.6 Å². The van der Waals surface area contributed by atoms with E-state index in [1.165, 1.54) is 51.4 Å². The largest absolute Gasteiger partial charge is 2.00 e. The fraction of sp³-hybridized carbons (Fsp3) is 0.917. The van der Waals surface area contributed by atoms with Crippen LogP contribution in [0.25, 0.3) is 0 Å². The van der Waals surface area contributed by atoms with Crippen LogP contribution in [0.4, 0.5) is 0 Å². The quantitative estimate of drug-likeness (QED) is 0.126. The Labute approximate surface area is 230 Å². The first kappa shape index (κ1) is 43.4. The standard InChI is InChI=1S/2C8H16O3S.2C4H10.Sn/c2*1-2-3-6-12-7-11-5-4-8(9)10;2*1-3-4-2;/h2*2-7H2,1H3,(H,9,10);2*3-4H2,1-2H3;/q;;;;+2/p-2. The summed E-state index contributed by atoms with van der Waals surface area (Å²) >= 11 is 3.39. The minimum atomic E-state index is -1.05. The molecule has 0 saturated heterocycles. The third kappa shape index (κ3) is 72.0. The number of rotatable bonds is 18. The third-order valence-electron chi connectivity index (χ3n) is 3.52. The van der Waals surface area contributed by atoms with E-state index < -0.39 is 11.9 Å². The van der Waals surface area contributed by atoms with Crippen LogP contribution in [0, 0.1) is 0 Å². The molecule has 0 aliphatic carbocycles. The summed E-state index contributed by atoms with van der Waals surface area (Å²) in [6.45, 7) is 13.5. The van der Waals surface area contributed by atoms with E-state index in [9.17, 15) is 19.8 Å². The predicted molar refractivity (Wildman–Crippen MR) is 143 cm³/mol. The van der Waals surface area contributed by atoms with Crippen molar-refractivity contribution in [2.45, 2.75) is 106 Å². The summed E-state index contributed by atoms with van der Waals surface area (Å²) < 4.78 is 10.1. The van der Waals surface area contributed by atoms with Gasteiger partial charge < -0.3 is 29.3 Å². The van der Waals surface area contributed by atoms with Crippen LogP contribution < -0.4 is 10.2 Å². The van der Waals surface area contributed by atoms with Gasteiger partial charge in [-0.1, -0.05) is 80.1 Å². The van der Waals surface area contributed by atoms with Crippen LogP contribution in [0.2, 0.25) is 0 Å². The minimum Gasteiger partial charge on any atom is -0.550 e. The fourth-order valence-corrected chi connectivity index (χ4v) is 2.85. The number of aliphatic carboxylic acids is 2. The van der Waals surface area contributed by atoms with Gasteiger partial charge in [0.2, 0.25) is 0 Å². The normalized spacial score (nSPS) is 9.15. The van der Waals surface area contributed by atoms with Crippen molar-refractivity contribution in [2.24, 2.45) is 0 Å². The summed E-state index contributed by atoms with van der Waals surface area (Å²) in [4.78, 5) is 19.9. The van der Waals surface area contributed by atoms with Crippen molar-refractivity contribution in [1.29, 1.82) is 0 Å². The third-order valence-corrected chi connectivity index (χ3v) is 5.34. The average Bonchev–Trinajstić information content (AvgIpc) is 2.78. The molecule has 0 fully saturated rings. The molecule has 0 amide bonds.